The van der Waals surface area contributed by atoms with Crippen LogP contribution in [0.2, 0.25) is 0 Å². The molecule has 154 valence electrons. The van der Waals surface area contributed by atoms with Gasteiger partial charge in [0, 0.05) is 18.5 Å². The minimum atomic E-state index is -0.862. The van der Waals surface area contributed by atoms with E-state index in [4.69, 9.17) is 9.47 Å². The fraction of sp³-hybridized carbons (Fsp3) is 0.417. The third-order valence-corrected chi connectivity index (χ3v) is 5.30. The lowest BCUT2D eigenvalue weighted by atomic mass is 9.90. The van der Waals surface area contributed by atoms with Crippen LogP contribution in [-0.4, -0.2) is 35.6 Å². The van der Waals surface area contributed by atoms with Crippen LogP contribution >= 0.6 is 0 Å². The van der Waals surface area contributed by atoms with Crippen LogP contribution in [-0.2, 0) is 32.2 Å². The molecule has 0 amide bonds. The number of nitrogens with zero attached hydrogens (tertiary/aromatic N) is 1. The number of hydrogen-bond donors (Lipinski definition) is 0. The van der Waals surface area contributed by atoms with Crippen LogP contribution < -0.4 is 0 Å². The molecular weight excluding hydrogens is 366 g/mol. The van der Waals surface area contributed by atoms with Gasteiger partial charge in [-0.15, -0.1) is 0 Å². The number of carbonyl (C=O) groups is 2. The maximum atomic E-state index is 13.1. The van der Waals surface area contributed by atoms with Gasteiger partial charge in [-0.3, -0.25) is 9.69 Å². The quantitative estimate of drug-likeness (QED) is 0.633. The van der Waals surface area contributed by atoms with Crippen LogP contribution in [0.3, 0.4) is 0 Å². The van der Waals surface area contributed by atoms with Crippen molar-refractivity contribution in [1.82, 2.24) is 4.90 Å². The molecule has 0 bridgehead atoms. The van der Waals surface area contributed by atoms with Gasteiger partial charge in [0.25, 0.3) is 0 Å². The Hall–Kier alpha value is -2.66. The van der Waals surface area contributed by atoms with Crippen LogP contribution in [0.4, 0.5) is 0 Å². The number of carbonyl (C=O) groups excluding carboxylic acids is 2. The minimum Gasteiger partial charge on any atom is -0.462 e. The van der Waals surface area contributed by atoms with Gasteiger partial charge in [0.15, 0.2) is 0 Å². The van der Waals surface area contributed by atoms with Crippen molar-refractivity contribution in [2.24, 2.45) is 5.41 Å². The number of hydrogen-bond acceptors (Lipinski definition) is 5. The third kappa shape index (κ3) is 5.24. The van der Waals surface area contributed by atoms with E-state index in [1.54, 1.807) is 0 Å². The fourth-order valence-electron chi connectivity index (χ4n) is 3.62. The predicted molar refractivity (Wildman–Crippen MR) is 111 cm³/mol. The van der Waals surface area contributed by atoms with E-state index in [0.717, 1.165) is 11.1 Å². The highest BCUT2D eigenvalue weighted by atomic mass is 16.6. The Bertz CT molecular complexity index is 778. The first-order valence-corrected chi connectivity index (χ1v) is 10.1. The van der Waals surface area contributed by atoms with Crippen molar-refractivity contribution in [1.29, 1.82) is 0 Å². The lowest BCUT2D eigenvalue weighted by Gasteiger charge is -2.31. The first-order chi connectivity index (χ1) is 13.9. The molecule has 2 atom stereocenters. The van der Waals surface area contributed by atoms with Gasteiger partial charge in [0.2, 0.25) is 6.10 Å². The van der Waals surface area contributed by atoms with E-state index in [-0.39, 0.29) is 12.6 Å². The summed E-state index contributed by atoms with van der Waals surface area (Å²) in [5.74, 6) is -0.841. The minimum absolute atomic E-state index is 0.262. The summed E-state index contributed by atoms with van der Waals surface area (Å²) in [4.78, 5) is 27.3. The summed E-state index contributed by atoms with van der Waals surface area (Å²) in [6.07, 6.45) is -0.278. The molecule has 2 aromatic carbocycles. The molecule has 5 heteroatoms. The third-order valence-electron chi connectivity index (χ3n) is 5.30. The maximum Gasteiger partial charge on any atom is 0.348 e. The van der Waals surface area contributed by atoms with Gasteiger partial charge < -0.3 is 9.47 Å². The molecule has 29 heavy (non-hydrogen) atoms. The van der Waals surface area contributed by atoms with Crippen molar-refractivity contribution >= 4 is 11.9 Å². The van der Waals surface area contributed by atoms with Gasteiger partial charge in [-0.1, -0.05) is 81.4 Å². The van der Waals surface area contributed by atoms with E-state index >= 15 is 0 Å². The molecule has 1 fully saturated rings. The molecule has 1 aliphatic rings. The van der Waals surface area contributed by atoms with Crippen LogP contribution in [0, 0.1) is 5.41 Å². The molecule has 0 aliphatic carbocycles. The smallest absolute Gasteiger partial charge is 0.348 e. The van der Waals surface area contributed by atoms with E-state index < -0.39 is 23.5 Å². The number of ether oxygens (including phenoxy) is 2. The van der Waals surface area contributed by atoms with Gasteiger partial charge >= 0.3 is 11.9 Å². The number of rotatable bonds is 8. The summed E-state index contributed by atoms with van der Waals surface area (Å²) in [5, 5.41) is 0. The standard InChI is InChI=1S/C24H29NO4/c1-4-20(22(26)29-21-23(27)28-17-24(21,2)3)25(15-18-11-7-5-8-12-18)16-19-13-9-6-10-14-19/h5-14,20-21H,4,15-17H2,1-3H3/t20-,21-/m0/s1. The summed E-state index contributed by atoms with van der Waals surface area (Å²) < 4.78 is 10.8. The first kappa shape index (κ1) is 21.1. The van der Waals surface area contributed by atoms with E-state index in [1.807, 2.05) is 81.4 Å². The molecule has 0 unspecified atom stereocenters. The number of esters is 2. The molecule has 1 aliphatic heterocycles. The van der Waals surface area contributed by atoms with Crippen molar-refractivity contribution < 1.29 is 19.1 Å². The SMILES string of the molecule is CC[C@@H](C(=O)O[C@H]1C(=O)OCC1(C)C)N(Cc1ccccc1)Cc1ccccc1. The first-order valence-electron chi connectivity index (χ1n) is 10.1. The molecule has 5 nitrogen and oxygen atoms in total. The number of cyclic esters (lactones) is 1. The summed E-state index contributed by atoms with van der Waals surface area (Å²) in [7, 11) is 0. The molecule has 0 radical (unpaired) electrons. The molecular formula is C24H29NO4. The highest BCUT2D eigenvalue weighted by Gasteiger charge is 2.47. The average molecular weight is 395 g/mol. The van der Waals surface area contributed by atoms with Gasteiger partial charge in [-0.25, -0.2) is 4.79 Å². The molecule has 2 aromatic rings. The van der Waals surface area contributed by atoms with Gasteiger partial charge in [-0.05, 0) is 17.5 Å². The second-order valence-electron chi connectivity index (χ2n) is 8.21. The Balaban J connectivity index is 1.81. The zero-order valence-corrected chi connectivity index (χ0v) is 17.3. The second-order valence-corrected chi connectivity index (χ2v) is 8.21. The van der Waals surface area contributed by atoms with Crippen molar-refractivity contribution in [3.63, 3.8) is 0 Å². The van der Waals surface area contributed by atoms with E-state index in [1.165, 1.54) is 0 Å². The zero-order valence-electron chi connectivity index (χ0n) is 17.3. The molecule has 0 saturated carbocycles. The molecule has 1 heterocycles. The normalized spacial score (nSPS) is 19.0. The summed E-state index contributed by atoms with van der Waals surface area (Å²) in [5.41, 5.74) is 1.72. The monoisotopic (exact) mass is 395 g/mol. The topological polar surface area (TPSA) is 55.8 Å². The second kappa shape index (κ2) is 9.23. The summed E-state index contributed by atoms with van der Waals surface area (Å²) >= 11 is 0. The van der Waals surface area contributed by atoms with Gasteiger partial charge in [0.1, 0.15) is 12.6 Å². The summed E-state index contributed by atoms with van der Waals surface area (Å²) in [6.45, 7) is 7.21. The molecule has 0 spiro atoms. The Morgan fingerprint density at radius 1 is 1.07 bits per heavy atom. The lowest BCUT2D eigenvalue weighted by Crippen LogP contribution is -2.45. The van der Waals surface area contributed by atoms with Crippen LogP contribution in [0.1, 0.15) is 38.3 Å². The Morgan fingerprint density at radius 3 is 2.00 bits per heavy atom. The average Bonchev–Trinajstić information content (AvgIpc) is 2.97. The van der Waals surface area contributed by atoms with Crippen molar-refractivity contribution in [3.05, 3.63) is 71.8 Å². The van der Waals surface area contributed by atoms with Gasteiger partial charge in [0.05, 0.1) is 0 Å². The Kier molecular flexibility index (Phi) is 6.70. The molecule has 0 aromatic heterocycles. The molecule has 1 saturated heterocycles. The number of benzene rings is 2. The van der Waals surface area contributed by atoms with Crippen molar-refractivity contribution in [2.75, 3.05) is 6.61 Å². The lowest BCUT2D eigenvalue weighted by molar-refractivity contribution is -0.167. The van der Waals surface area contributed by atoms with Crippen LogP contribution in [0.15, 0.2) is 60.7 Å². The van der Waals surface area contributed by atoms with Gasteiger partial charge in [-0.2, -0.15) is 0 Å². The van der Waals surface area contributed by atoms with Crippen LogP contribution in [0.5, 0.6) is 0 Å². The molecule has 3 rings (SSSR count). The van der Waals surface area contributed by atoms with E-state index in [0.29, 0.717) is 19.5 Å². The highest BCUT2D eigenvalue weighted by Crippen LogP contribution is 2.31. The van der Waals surface area contributed by atoms with Crippen molar-refractivity contribution in [3.8, 4) is 0 Å². The highest BCUT2D eigenvalue weighted by molar-refractivity contribution is 5.83. The molecule has 0 N–H and O–H groups in total. The summed E-state index contributed by atoms with van der Waals surface area (Å²) in [6, 6.07) is 19.7. The zero-order chi connectivity index (χ0) is 20.9. The fourth-order valence-corrected chi connectivity index (χ4v) is 3.62. The van der Waals surface area contributed by atoms with E-state index in [2.05, 4.69) is 4.90 Å². The predicted octanol–water partition coefficient (Wildman–Crippen LogP) is 3.96. The largest absolute Gasteiger partial charge is 0.462 e. The van der Waals surface area contributed by atoms with Crippen molar-refractivity contribution in [2.45, 2.75) is 52.4 Å². The Morgan fingerprint density at radius 2 is 1.59 bits per heavy atom. The van der Waals surface area contributed by atoms with Crippen LogP contribution in [0.25, 0.3) is 0 Å². The van der Waals surface area contributed by atoms with E-state index in [9.17, 15) is 9.59 Å². The Labute approximate surface area is 172 Å². The maximum absolute atomic E-state index is 13.1.